The summed E-state index contributed by atoms with van der Waals surface area (Å²) in [6.45, 7) is 7.01. The molecule has 0 aromatic carbocycles. The van der Waals surface area contributed by atoms with E-state index < -0.39 is 0 Å². The van der Waals surface area contributed by atoms with E-state index in [0.717, 1.165) is 12.8 Å². The molecule has 0 aromatic rings. The van der Waals surface area contributed by atoms with Gasteiger partial charge in [0, 0.05) is 5.41 Å². The molecular formula is C17H28O2. The van der Waals surface area contributed by atoms with Crippen LogP contribution in [0.15, 0.2) is 0 Å². The lowest BCUT2D eigenvalue weighted by Gasteiger charge is -2.44. The molecule has 0 aliphatic heterocycles. The number of carbonyl (C=O) groups is 1. The van der Waals surface area contributed by atoms with Crippen LogP contribution in [0.4, 0.5) is 0 Å². The minimum absolute atomic E-state index is 0.105. The lowest BCUT2D eigenvalue weighted by molar-refractivity contribution is -0.167. The van der Waals surface area contributed by atoms with Gasteiger partial charge in [0.25, 0.3) is 0 Å². The standard InChI is InChI=1S/C17H28O2/c1-16(2)14(13-9-10-17(16,3)11-13)19-15(18)12-7-5-4-6-8-12/h12-14H,4-11H2,1-3H3. The number of esters is 1. The molecule has 0 spiro atoms. The average Bonchev–Trinajstić information content (AvgIpc) is 2.86. The van der Waals surface area contributed by atoms with Crippen molar-refractivity contribution >= 4 is 5.97 Å². The SMILES string of the molecule is CC12CCC(C1)C(OC(=O)C1CCCCC1)C2(C)C. The summed E-state index contributed by atoms with van der Waals surface area (Å²) < 4.78 is 6.03. The van der Waals surface area contributed by atoms with Gasteiger partial charge in [-0.1, -0.05) is 40.0 Å². The zero-order chi connectivity index (χ0) is 13.7. The van der Waals surface area contributed by atoms with Crippen LogP contribution in [-0.2, 0) is 9.53 Å². The Bertz CT molecular complexity index is 367. The Morgan fingerprint density at radius 3 is 2.32 bits per heavy atom. The Labute approximate surface area is 117 Å². The summed E-state index contributed by atoms with van der Waals surface area (Å²) in [5.74, 6) is 0.915. The van der Waals surface area contributed by atoms with Crippen LogP contribution in [0.5, 0.6) is 0 Å². The molecule has 0 amide bonds. The number of ether oxygens (including phenoxy) is 1. The van der Waals surface area contributed by atoms with Crippen molar-refractivity contribution in [2.45, 2.75) is 78.2 Å². The molecule has 0 heterocycles. The largest absolute Gasteiger partial charge is 0.461 e. The summed E-state index contributed by atoms with van der Waals surface area (Å²) >= 11 is 0. The van der Waals surface area contributed by atoms with E-state index in [1.807, 2.05) is 0 Å². The third-order valence-electron chi connectivity index (χ3n) is 6.66. The predicted octanol–water partition coefficient (Wildman–Crippen LogP) is 4.32. The van der Waals surface area contributed by atoms with Gasteiger partial charge in [-0.2, -0.15) is 0 Å². The first-order valence-corrected chi connectivity index (χ1v) is 8.14. The molecule has 19 heavy (non-hydrogen) atoms. The van der Waals surface area contributed by atoms with Crippen molar-refractivity contribution in [1.29, 1.82) is 0 Å². The second-order valence-corrected chi connectivity index (χ2v) is 7.98. The summed E-state index contributed by atoms with van der Waals surface area (Å²) in [7, 11) is 0. The molecule has 3 atom stereocenters. The van der Waals surface area contributed by atoms with Crippen LogP contribution in [-0.4, -0.2) is 12.1 Å². The van der Waals surface area contributed by atoms with Crippen molar-refractivity contribution < 1.29 is 9.53 Å². The lowest BCUT2D eigenvalue weighted by atomic mass is 9.65. The van der Waals surface area contributed by atoms with Gasteiger partial charge in [-0.15, -0.1) is 0 Å². The molecular weight excluding hydrogens is 236 g/mol. The van der Waals surface area contributed by atoms with E-state index in [1.54, 1.807) is 0 Å². The highest BCUT2D eigenvalue weighted by molar-refractivity contribution is 5.72. The van der Waals surface area contributed by atoms with Crippen molar-refractivity contribution in [3.05, 3.63) is 0 Å². The Morgan fingerprint density at radius 2 is 1.74 bits per heavy atom. The van der Waals surface area contributed by atoms with Gasteiger partial charge in [-0.05, 0) is 43.4 Å². The molecule has 3 fully saturated rings. The van der Waals surface area contributed by atoms with Crippen molar-refractivity contribution in [1.82, 2.24) is 0 Å². The fourth-order valence-electron chi connectivity index (χ4n) is 4.87. The average molecular weight is 264 g/mol. The zero-order valence-electron chi connectivity index (χ0n) is 12.7. The van der Waals surface area contributed by atoms with E-state index in [1.165, 1.54) is 38.5 Å². The first-order chi connectivity index (χ1) is 8.94. The van der Waals surface area contributed by atoms with Gasteiger partial charge in [0.05, 0.1) is 5.92 Å². The highest BCUT2D eigenvalue weighted by Crippen LogP contribution is 2.64. The fourth-order valence-corrected chi connectivity index (χ4v) is 4.87. The van der Waals surface area contributed by atoms with Crippen LogP contribution in [0.25, 0.3) is 0 Å². The van der Waals surface area contributed by atoms with Crippen LogP contribution < -0.4 is 0 Å². The van der Waals surface area contributed by atoms with Gasteiger partial charge in [0.1, 0.15) is 6.10 Å². The van der Waals surface area contributed by atoms with E-state index in [9.17, 15) is 4.79 Å². The second-order valence-electron chi connectivity index (χ2n) is 7.98. The minimum atomic E-state index is 0.105. The molecule has 3 saturated carbocycles. The number of carbonyl (C=O) groups excluding carboxylic acids is 1. The maximum absolute atomic E-state index is 12.4. The van der Waals surface area contributed by atoms with E-state index in [0.29, 0.717) is 11.3 Å². The predicted molar refractivity (Wildman–Crippen MR) is 75.7 cm³/mol. The summed E-state index contributed by atoms with van der Waals surface area (Å²) in [6.07, 6.45) is 9.78. The van der Waals surface area contributed by atoms with Crippen molar-refractivity contribution in [2.24, 2.45) is 22.7 Å². The number of hydrogen-bond donors (Lipinski definition) is 0. The van der Waals surface area contributed by atoms with Gasteiger partial charge in [0.2, 0.25) is 0 Å². The first kappa shape index (κ1) is 13.5. The maximum Gasteiger partial charge on any atom is 0.309 e. The number of hydrogen-bond acceptors (Lipinski definition) is 2. The van der Waals surface area contributed by atoms with Gasteiger partial charge < -0.3 is 4.74 Å². The minimum Gasteiger partial charge on any atom is -0.461 e. The van der Waals surface area contributed by atoms with Crippen molar-refractivity contribution in [3.63, 3.8) is 0 Å². The molecule has 3 aliphatic carbocycles. The van der Waals surface area contributed by atoms with Crippen molar-refractivity contribution in [3.8, 4) is 0 Å². The zero-order valence-corrected chi connectivity index (χ0v) is 12.7. The third kappa shape index (κ3) is 2.02. The van der Waals surface area contributed by atoms with Gasteiger partial charge >= 0.3 is 5.97 Å². The van der Waals surface area contributed by atoms with E-state index in [2.05, 4.69) is 20.8 Å². The van der Waals surface area contributed by atoms with Crippen LogP contribution in [0.3, 0.4) is 0 Å². The lowest BCUT2D eigenvalue weighted by Crippen LogP contribution is -2.44. The normalized spacial score (nSPS) is 41.4. The fraction of sp³-hybridized carbons (Fsp3) is 0.941. The first-order valence-electron chi connectivity index (χ1n) is 8.14. The van der Waals surface area contributed by atoms with Crippen molar-refractivity contribution in [2.75, 3.05) is 0 Å². The molecule has 2 bridgehead atoms. The third-order valence-corrected chi connectivity index (χ3v) is 6.66. The Kier molecular flexibility index (Phi) is 3.18. The Hall–Kier alpha value is -0.530. The molecule has 108 valence electrons. The quantitative estimate of drug-likeness (QED) is 0.694. The summed E-state index contributed by atoms with van der Waals surface area (Å²) in [5, 5.41) is 0. The second kappa shape index (κ2) is 4.49. The summed E-state index contributed by atoms with van der Waals surface area (Å²) in [6, 6.07) is 0. The highest BCUT2D eigenvalue weighted by atomic mass is 16.5. The molecule has 0 aromatic heterocycles. The molecule has 3 unspecified atom stereocenters. The van der Waals surface area contributed by atoms with Crippen LogP contribution in [0.2, 0.25) is 0 Å². The molecule has 2 heteroatoms. The monoisotopic (exact) mass is 264 g/mol. The number of rotatable bonds is 2. The summed E-state index contributed by atoms with van der Waals surface area (Å²) in [4.78, 5) is 12.4. The van der Waals surface area contributed by atoms with E-state index >= 15 is 0 Å². The molecule has 0 radical (unpaired) electrons. The smallest absolute Gasteiger partial charge is 0.309 e. The van der Waals surface area contributed by atoms with E-state index in [-0.39, 0.29) is 23.4 Å². The van der Waals surface area contributed by atoms with Crippen LogP contribution >= 0.6 is 0 Å². The summed E-state index contributed by atoms with van der Waals surface area (Å²) in [5.41, 5.74) is 0.537. The Morgan fingerprint density at radius 1 is 1.05 bits per heavy atom. The topological polar surface area (TPSA) is 26.3 Å². The maximum atomic E-state index is 12.4. The molecule has 2 nitrogen and oxygen atoms in total. The number of fused-ring (bicyclic) bond motifs is 2. The molecule has 0 N–H and O–H groups in total. The molecule has 3 aliphatic rings. The van der Waals surface area contributed by atoms with Gasteiger partial charge in [-0.25, -0.2) is 0 Å². The van der Waals surface area contributed by atoms with Crippen LogP contribution in [0.1, 0.15) is 72.1 Å². The van der Waals surface area contributed by atoms with E-state index in [4.69, 9.17) is 4.74 Å². The Balaban J connectivity index is 1.68. The van der Waals surface area contributed by atoms with Gasteiger partial charge in [0.15, 0.2) is 0 Å². The molecule has 0 saturated heterocycles. The van der Waals surface area contributed by atoms with Gasteiger partial charge in [-0.3, -0.25) is 4.79 Å². The highest BCUT2D eigenvalue weighted by Gasteiger charge is 2.61. The molecule has 3 rings (SSSR count). The van der Waals surface area contributed by atoms with Crippen LogP contribution in [0, 0.1) is 22.7 Å².